The van der Waals surface area contributed by atoms with Gasteiger partial charge in [0.2, 0.25) is 0 Å². The van der Waals surface area contributed by atoms with E-state index in [1.54, 1.807) is 18.5 Å². The number of fused-ring (bicyclic) bond motifs is 1. The van der Waals surface area contributed by atoms with Gasteiger partial charge in [-0.25, -0.2) is 8.96 Å². The van der Waals surface area contributed by atoms with Gasteiger partial charge in [0.25, 0.3) is 0 Å². The Morgan fingerprint density at radius 3 is 2.90 bits per heavy atom. The SMILES string of the molecule is Cc1nc(N)[n+](C)c2c1/C(=N/OCCO)C[C@H](c1ccc(F)cc1-c1cccnc1)C2. The first kappa shape index (κ1) is 20.9. The molecule has 7 nitrogen and oxygen atoms in total. The predicted octanol–water partition coefficient (Wildman–Crippen LogP) is 2.44. The Morgan fingerprint density at radius 1 is 1.32 bits per heavy atom. The lowest BCUT2D eigenvalue weighted by Gasteiger charge is -2.28. The summed E-state index contributed by atoms with van der Waals surface area (Å²) in [7, 11) is 1.88. The minimum Gasteiger partial charge on any atom is -0.393 e. The minimum absolute atomic E-state index is 0.0205. The van der Waals surface area contributed by atoms with Crippen LogP contribution in [-0.4, -0.2) is 34.0 Å². The number of hydrogen-bond acceptors (Lipinski definition) is 6. The summed E-state index contributed by atoms with van der Waals surface area (Å²) in [5.41, 5.74) is 12.2. The van der Waals surface area contributed by atoms with Crippen molar-refractivity contribution in [3.8, 4) is 11.1 Å². The summed E-state index contributed by atoms with van der Waals surface area (Å²) in [5.74, 6) is 0.139. The third-order valence-corrected chi connectivity index (χ3v) is 5.63. The number of rotatable bonds is 5. The number of benzene rings is 1. The number of halogens is 1. The maximum Gasteiger partial charge on any atom is 0.389 e. The third kappa shape index (κ3) is 4.11. The highest BCUT2D eigenvalue weighted by Gasteiger charge is 2.34. The molecular weight excluding hydrogens is 397 g/mol. The Bertz CT molecular complexity index is 1130. The van der Waals surface area contributed by atoms with Gasteiger partial charge in [-0.05, 0) is 42.2 Å². The number of oxime groups is 1. The maximum atomic E-state index is 14.2. The highest BCUT2D eigenvalue weighted by atomic mass is 19.1. The normalized spacial score (nSPS) is 16.9. The fraction of sp³-hybridized carbons (Fsp3) is 0.304. The third-order valence-electron chi connectivity index (χ3n) is 5.63. The van der Waals surface area contributed by atoms with Crippen LogP contribution in [0.15, 0.2) is 47.9 Å². The molecule has 0 amide bonds. The zero-order chi connectivity index (χ0) is 22.0. The number of aromatic nitrogens is 3. The van der Waals surface area contributed by atoms with Crippen LogP contribution in [0.2, 0.25) is 0 Å². The molecule has 0 fully saturated rings. The molecule has 0 saturated heterocycles. The average Bonchev–Trinajstić information content (AvgIpc) is 2.77. The van der Waals surface area contributed by atoms with Crippen molar-refractivity contribution in [1.82, 2.24) is 9.97 Å². The summed E-state index contributed by atoms with van der Waals surface area (Å²) in [4.78, 5) is 14.0. The molecule has 1 aliphatic carbocycles. The minimum atomic E-state index is -0.297. The molecule has 31 heavy (non-hydrogen) atoms. The molecule has 2 heterocycles. The number of hydrogen-bond donors (Lipinski definition) is 2. The molecule has 0 radical (unpaired) electrons. The zero-order valence-corrected chi connectivity index (χ0v) is 17.5. The van der Waals surface area contributed by atoms with Crippen LogP contribution < -0.4 is 10.3 Å². The first-order valence-corrected chi connectivity index (χ1v) is 10.1. The van der Waals surface area contributed by atoms with Crippen molar-refractivity contribution < 1.29 is 18.9 Å². The van der Waals surface area contributed by atoms with E-state index < -0.39 is 0 Å². The number of anilines is 1. The van der Waals surface area contributed by atoms with Crippen LogP contribution in [0.4, 0.5) is 10.3 Å². The number of aliphatic hydroxyl groups excluding tert-OH is 1. The Balaban J connectivity index is 1.84. The van der Waals surface area contributed by atoms with Gasteiger partial charge in [-0.3, -0.25) is 10.7 Å². The van der Waals surface area contributed by atoms with Crippen molar-refractivity contribution in [2.45, 2.75) is 25.7 Å². The van der Waals surface area contributed by atoms with Crippen LogP contribution in [0.5, 0.6) is 0 Å². The molecule has 160 valence electrons. The molecule has 0 bridgehead atoms. The van der Waals surface area contributed by atoms with Gasteiger partial charge < -0.3 is 9.94 Å². The van der Waals surface area contributed by atoms with Crippen LogP contribution in [0, 0.1) is 12.7 Å². The Morgan fingerprint density at radius 2 is 2.16 bits per heavy atom. The second-order valence-electron chi connectivity index (χ2n) is 7.61. The zero-order valence-electron chi connectivity index (χ0n) is 17.5. The molecule has 1 atom stereocenters. The van der Waals surface area contributed by atoms with Crippen molar-refractivity contribution in [3.63, 3.8) is 0 Å². The van der Waals surface area contributed by atoms with Gasteiger partial charge in [0.15, 0.2) is 0 Å². The predicted molar refractivity (Wildman–Crippen MR) is 115 cm³/mol. The van der Waals surface area contributed by atoms with Crippen molar-refractivity contribution in [2.24, 2.45) is 12.2 Å². The molecule has 0 spiro atoms. The molecule has 8 heteroatoms. The number of pyridine rings is 1. The summed E-state index contributed by atoms with van der Waals surface area (Å²) in [6, 6.07) is 8.62. The highest BCUT2D eigenvalue weighted by Crippen LogP contribution is 2.38. The largest absolute Gasteiger partial charge is 0.393 e. The quantitative estimate of drug-likeness (QED) is 0.374. The lowest BCUT2D eigenvalue weighted by Crippen LogP contribution is -2.43. The monoisotopic (exact) mass is 422 g/mol. The van der Waals surface area contributed by atoms with Crippen LogP contribution >= 0.6 is 0 Å². The van der Waals surface area contributed by atoms with Crippen LogP contribution in [0.3, 0.4) is 0 Å². The Kier molecular flexibility index (Phi) is 5.90. The summed E-state index contributed by atoms with van der Waals surface area (Å²) in [5, 5.41) is 13.4. The standard InChI is InChI=1S/C23H24FN5O2/c1-14-22-20(28-31-9-8-30)10-16(11-21(22)29(2)23(25)27-14)18-6-5-17(24)12-19(18)15-4-3-7-26-13-15/h3-7,12-13,16,25,30H,8-11H2,1-2H3/p+1/b28-20+/t16-/m0/s1. The lowest BCUT2D eigenvalue weighted by atomic mass is 9.78. The van der Waals surface area contributed by atoms with E-state index in [4.69, 9.17) is 15.7 Å². The molecule has 2 aromatic heterocycles. The van der Waals surface area contributed by atoms with Gasteiger partial charge in [0, 0.05) is 30.8 Å². The summed E-state index contributed by atoms with van der Waals surface area (Å²) < 4.78 is 16.0. The number of nitrogen functional groups attached to an aromatic ring is 1. The number of nitrogens with zero attached hydrogens (tertiary/aromatic N) is 4. The van der Waals surface area contributed by atoms with Crippen molar-refractivity contribution in [3.05, 3.63) is 71.1 Å². The Hall–Kier alpha value is -3.39. The second-order valence-corrected chi connectivity index (χ2v) is 7.61. The van der Waals surface area contributed by atoms with Gasteiger partial charge in [0.1, 0.15) is 18.1 Å². The van der Waals surface area contributed by atoms with Gasteiger partial charge in [-0.2, -0.15) is 0 Å². The van der Waals surface area contributed by atoms with E-state index in [1.165, 1.54) is 6.07 Å². The van der Waals surface area contributed by atoms with Crippen molar-refractivity contribution in [2.75, 3.05) is 18.9 Å². The summed E-state index contributed by atoms with van der Waals surface area (Å²) in [6.07, 6.45) is 4.71. The van der Waals surface area contributed by atoms with Crippen LogP contribution in [0.25, 0.3) is 11.1 Å². The number of nitrogens with two attached hydrogens (primary N) is 1. The smallest absolute Gasteiger partial charge is 0.389 e. The van der Waals surface area contributed by atoms with E-state index in [0.717, 1.165) is 39.4 Å². The summed E-state index contributed by atoms with van der Waals surface area (Å²) in [6.45, 7) is 1.88. The van der Waals surface area contributed by atoms with Crippen LogP contribution in [-0.2, 0) is 18.3 Å². The molecule has 4 rings (SSSR count). The number of aryl methyl sites for hydroxylation is 1. The highest BCUT2D eigenvalue weighted by molar-refractivity contribution is 6.03. The fourth-order valence-electron chi connectivity index (χ4n) is 4.20. The van der Waals surface area contributed by atoms with Crippen LogP contribution in [0.1, 0.15) is 34.9 Å². The lowest BCUT2D eigenvalue weighted by molar-refractivity contribution is -0.667. The van der Waals surface area contributed by atoms with Crippen molar-refractivity contribution >= 4 is 11.7 Å². The molecule has 0 aliphatic heterocycles. The van der Waals surface area contributed by atoms with Gasteiger partial charge in [-0.15, -0.1) is 0 Å². The number of aliphatic hydroxyl groups is 1. The maximum absolute atomic E-state index is 14.2. The molecule has 3 aromatic rings. The average molecular weight is 422 g/mol. The fourth-order valence-corrected chi connectivity index (χ4v) is 4.20. The van der Waals surface area contributed by atoms with Crippen molar-refractivity contribution in [1.29, 1.82) is 0 Å². The first-order valence-electron chi connectivity index (χ1n) is 10.1. The van der Waals surface area contributed by atoms with Gasteiger partial charge in [0.05, 0.1) is 30.6 Å². The summed E-state index contributed by atoms with van der Waals surface area (Å²) >= 11 is 0. The molecule has 1 aromatic carbocycles. The topological polar surface area (TPSA) is 97.5 Å². The first-order chi connectivity index (χ1) is 15.0. The van der Waals surface area contributed by atoms with E-state index >= 15 is 0 Å². The van der Waals surface area contributed by atoms with E-state index in [0.29, 0.717) is 18.8 Å². The Labute approximate surface area is 180 Å². The van der Waals surface area contributed by atoms with E-state index in [1.807, 2.05) is 36.7 Å². The molecule has 0 unspecified atom stereocenters. The van der Waals surface area contributed by atoms with Gasteiger partial charge >= 0.3 is 5.95 Å². The van der Waals surface area contributed by atoms with E-state index in [9.17, 15) is 4.39 Å². The molecule has 0 saturated carbocycles. The molecule has 3 N–H and O–H groups in total. The molecular formula is C23H25FN5O2+. The van der Waals surface area contributed by atoms with E-state index in [-0.39, 0.29) is 24.9 Å². The van der Waals surface area contributed by atoms with Gasteiger partial charge in [-0.1, -0.05) is 22.3 Å². The second kappa shape index (κ2) is 8.77. The van der Waals surface area contributed by atoms with E-state index in [2.05, 4.69) is 15.1 Å². The molecule has 1 aliphatic rings.